The SMILES string of the molecule is COc1ccc(OC)c(/N=N/c2c(O)ccc3ccccc23)c1. The lowest BCUT2D eigenvalue weighted by Gasteiger charge is -2.07. The summed E-state index contributed by atoms with van der Waals surface area (Å²) in [5.74, 6) is 1.31. The summed E-state index contributed by atoms with van der Waals surface area (Å²) in [5, 5.41) is 20.4. The molecule has 23 heavy (non-hydrogen) atoms. The maximum atomic E-state index is 10.1. The number of aromatic hydroxyl groups is 1. The van der Waals surface area contributed by atoms with Crippen molar-refractivity contribution in [3.8, 4) is 17.2 Å². The van der Waals surface area contributed by atoms with Gasteiger partial charge in [0.15, 0.2) is 0 Å². The number of fused-ring (bicyclic) bond motifs is 1. The Balaban J connectivity index is 2.09. The third-order valence-corrected chi connectivity index (χ3v) is 3.52. The van der Waals surface area contributed by atoms with Gasteiger partial charge in [-0.15, -0.1) is 10.2 Å². The van der Waals surface area contributed by atoms with Gasteiger partial charge < -0.3 is 14.6 Å². The molecule has 0 aliphatic rings. The highest BCUT2D eigenvalue weighted by Gasteiger charge is 2.08. The summed E-state index contributed by atoms with van der Waals surface area (Å²) in [6.45, 7) is 0. The van der Waals surface area contributed by atoms with Gasteiger partial charge in [0, 0.05) is 11.5 Å². The van der Waals surface area contributed by atoms with Crippen molar-refractivity contribution in [2.24, 2.45) is 10.2 Å². The van der Waals surface area contributed by atoms with E-state index in [1.165, 1.54) is 0 Å². The van der Waals surface area contributed by atoms with E-state index in [2.05, 4.69) is 10.2 Å². The van der Waals surface area contributed by atoms with Gasteiger partial charge in [0.05, 0.1) is 14.2 Å². The topological polar surface area (TPSA) is 63.4 Å². The van der Waals surface area contributed by atoms with Crippen molar-refractivity contribution < 1.29 is 14.6 Å². The van der Waals surface area contributed by atoms with Crippen LogP contribution in [0.5, 0.6) is 17.2 Å². The molecule has 0 fully saturated rings. The Morgan fingerprint density at radius 2 is 1.70 bits per heavy atom. The molecule has 0 atom stereocenters. The molecule has 0 spiro atoms. The molecular weight excluding hydrogens is 292 g/mol. The largest absolute Gasteiger partial charge is 0.506 e. The molecule has 1 N–H and O–H groups in total. The first kappa shape index (κ1) is 14.8. The molecule has 0 heterocycles. The quantitative estimate of drug-likeness (QED) is 0.691. The van der Waals surface area contributed by atoms with E-state index >= 15 is 0 Å². The predicted octanol–water partition coefficient (Wildman–Crippen LogP) is 4.98. The van der Waals surface area contributed by atoms with Gasteiger partial charge in [0.2, 0.25) is 0 Å². The number of hydrogen-bond donors (Lipinski definition) is 1. The average molecular weight is 308 g/mol. The Morgan fingerprint density at radius 3 is 2.48 bits per heavy atom. The molecule has 0 bridgehead atoms. The van der Waals surface area contributed by atoms with Crippen molar-refractivity contribution in [3.05, 3.63) is 54.6 Å². The molecule has 0 unspecified atom stereocenters. The molecular formula is C18H16N2O3. The fourth-order valence-corrected chi connectivity index (χ4v) is 2.33. The van der Waals surface area contributed by atoms with Crippen molar-refractivity contribution in [1.82, 2.24) is 0 Å². The number of nitrogens with zero attached hydrogens (tertiary/aromatic N) is 2. The molecule has 0 radical (unpaired) electrons. The smallest absolute Gasteiger partial charge is 0.146 e. The Morgan fingerprint density at radius 1 is 0.870 bits per heavy atom. The molecule has 0 aromatic heterocycles. The molecule has 0 aliphatic carbocycles. The Labute approximate surface area is 133 Å². The highest BCUT2D eigenvalue weighted by Crippen LogP contribution is 2.38. The van der Waals surface area contributed by atoms with Crippen LogP contribution in [0.4, 0.5) is 11.4 Å². The fraction of sp³-hybridized carbons (Fsp3) is 0.111. The zero-order chi connectivity index (χ0) is 16.2. The van der Waals surface area contributed by atoms with Crippen molar-refractivity contribution in [3.63, 3.8) is 0 Å². The number of methoxy groups -OCH3 is 2. The molecule has 5 nitrogen and oxygen atoms in total. The van der Waals surface area contributed by atoms with Gasteiger partial charge in [-0.2, -0.15) is 0 Å². The zero-order valence-electron chi connectivity index (χ0n) is 12.9. The molecule has 116 valence electrons. The van der Waals surface area contributed by atoms with Crippen molar-refractivity contribution >= 4 is 22.1 Å². The first-order valence-corrected chi connectivity index (χ1v) is 7.07. The highest BCUT2D eigenvalue weighted by molar-refractivity contribution is 5.95. The van der Waals surface area contributed by atoms with E-state index in [1.807, 2.05) is 30.3 Å². The van der Waals surface area contributed by atoms with E-state index < -0.39 is 0 Å². The van der Waals surface area contributed by atoms with Gasteiger partial charge in [-0.3, -0.25) is 0 Å². The van der Waals surface area contributed by atoms with Crippen LogP contribution in [0.2, 0.25) is 0 Å². The van der Waals surface area contributed by atoms with E-state index in [0.717, 1.165) is 10.8 Å². The first-order valence-electron chi connectivity index (χ1n) is 7.07. The second-order valence-corrected chi connectivity index (χ2v) is 4.89. The number of phenolic OH excluding ortho intramolecular Hbond substituents is 1. The summed E-state index contributed by atoms with van der Waals surface area (Å²) in [4.78, 5) is 0. The van der Waals surface area contributed by atoms with E-state index in [9.17, 15) is 5.11 Å². The molecule has 0 aliphatic heterocycles. The van der Waals surface area contributed by atoms with E-state index in [-0.39, 0.29) is 5.75 Å². The number of rotatable bonds is 4. The minimum absolute atomic E-state index is 0.0781. The van der Waals surface area contributed by atoms with Gasteiger partial charge in [-0.1, -0.05) is 30.3 Å². The standard InChI is InChI=1S/C18H16N2O3/c1-22-13-8-10-17(23-2)15(11-13)19-20-18-14-6-4-3-5-12(14)7-9-16(18)21/h3-11,21H,1-2H3/b20-19+. The number of hydrogen-bond acceptors (Lipinski definition) is 5. The van der Waals surface area contributed by atoms with Crippen LogP contribution in [0.3, 0.4) is 0 Å². The summed E-state index contributed by atoms with van der Waals surface area (Å²) in [6.07, 6.45) is 0. The minimum atomic E-state index is 0.0781. The molecule has 3 aromatic carbocycles. The van der Waals surface area contributed by atoms with Gasteiger partial charge in [-0.05, 0) is 23.6 Å². The number of ether oxygens (including phenoxy) is 2. The lowest BCUT2D eigenvalue weighted by Crippen LogP contribution is -1.86. The zero-order valence-corrected chi connectivity index (χ0v) is 12.9. The molecule has 3 rings (SSSR count). The monoisotopic (exact) mass is 308 g/mol. The Kier molecular flexibility index (Phi) is 4.10. The van der Waals surface area contributed by atoms with E-state index in [0.29, 0.717) is 22.9 Å². The predicted molar refractivity (Wildman–Crippen MR) is 89.3 cm³/mol. The molecule has 5 heteroatoms. The molecule has 3 aromatic rings. The lowest BCUT2D eigenvalue weighted by atomic mass is 10.1. The summed E-state index contributed by atoms with van der Waals surface area (Å²) in [7, 11) is 3.15. The summed E-state index contributed by atoms with van der Waals surface area (Å²) in [6, 6.07) is 16.4. The van der Waals surface area contributed by atoms with Gasteiger partial charge in [0.1, 0.15) is 28.6 Å². The second kappa shape index (κ2) is 6.36. The van der Waals surface area contributed by atoms with Crippen LogP contribution in [-0.2, 0) is 0 Å². The number of benzene rings is 3. The number of phenols is 1. The highest BCUT2D eigenvalue weighted by atomic mass is 16.5. The average Bonchev–Trinajstić information content (AvgIpc) is 2.60. The molecule has 0 saturated heterocycles. The fourth-order valence-electron chi connectivity index (χ4n) is 2.33. The first-order chi connectivity index (χ1) is 11.2. The van der Waals surface area contributed by atoms with Crippen LogP contribution in [0.1, 0.15) is 0 Å². The van der Waals surface area contributed by atoms with Crippen LogP contribution in [-0.4, -0.2) is 19.3 Å². The third-order valence-electron chi connectivity index (χ3n) is 3.52. The lowest BCUT2D eigenvalue weighted by molar-refractivity contribution is 0.404. The third kappa shape index (κ3) is 2.94. The van der Waals surface area contributed by atoms with Crippen LogP contribution in [0.25, 0.3) is 10.8 Å². The summed E-state index contributed by atoms with van der Waals surface area (Å²) < 4.78 is 10.5. The maximum absolute atomic E-state index is 10.1. The van der Waals surface area contributed by atoms with Crippen LogP contribution < -0.4 is 9.47 Å². The minimum Gasteiger partial charge on any atom is -0.506 e. The summed E-state index contributed by atoms with van der Waals surface area (Å²) >= 11 is 0. The molecule has 0 amide bonds. The summed E-state index contributed by atoms with van der Waals surface area (Å²) in [5.41, 5.74) is 0.951. The van der Waals surface area contributed by atoms with Crippen LogP contribution in [0, 0.1) is 0 Å². The van der Waals surface area contributed by atoms with Crippen molar-refractivity contribution in [1.29, 1.82) is 0 Å². The van der Waals surface area contributed by atoms with Gasteiger partial charge >= 0.3 is 0 Å². The van der Waals surface area contributed by atoms with Crippen LogP contribution >= 0.6 is 0 Å². The van der Waals surface area contributed by atoms with Crippen molar-refractivity contribution in [2.75, 3.05) is 14.2 Å². The maximum Gasteiger partial charge on any atom is 0.146 e. The van der Waals surface area contributed by atoms with E-state index in [1.54, 1.807) is 38.5 Å². The Bertz CT molecular complexity index is 875. The van der Waals surface area contributed by atoms with Crippen LogP contribution in [0.15, 0.2) is 64.8 Å². The second-order valence-electron chi connectivity index (χ2n) is 4.89. The van der Waals surface area contributed by atoms with Gasteiger partial charge in [-0.25, -0.2) is 0 Å². The van der Waals surface area contributed by atoms with E-state index in [4.69, 9.17) is 9.47 Å². The Hall–Kier alpha value is -3.08. The molecule has 0 saturated carbocycles. The van der Waals surface area contributed by atoms with Gasteiger partial charge in [0.25, 0.3) is 0 Å². The van der Waals surface area contributed by atoms with Crippen molar-refractivity contribution in [2.45, 2.75) is 0 Å². The number of azo groups is 1. The normalized spacial score (nSPS) is 11.0.